The molecule has 2 amide bonds. The van der Waals surface area contributed by atoms with E-state index in [4.69, 9.17) is 28.9 Å². The van der Waals surface area contributed by atoms with Crippen molar-refractivity contribution in [3.63, 3.8) is 0 Å². The fourth-order valence-corrected chi connectivity index (χ4v) is 6.41. The minimum Gasteiger partial charge on any atom is -0.365 e. The van der Waals surface area contributed by atoms with Crippen molar-refractivity contribution in [3.05, 3.63) is 56.9 Å². The first-order chi connectivity index (χ1) is 16.3. The van der Waals surface area contributed by atoms with Crippen LogP contribution in [0.1, 0.15) is 34.1 Å². The number of thioether (sulfide) groups is 1. The van der Waals surface area contributed by atoms with Crippen LogP contribution in [0.4, 0.5) is 5.00 Å². The van der Waals surface area contributed by atoms with Gasteiger partial charge in [0.2, 0.25) is 5.91 Å². The first-order valence-electron chi connectivity index (χ1n) is 10.6. The Morgan fingerprint density at radius 1 is 1.35 bits per heavy atom. The predicted molar refractivity (Wildman–Crippen MR) is 139 cm³/mol. The van der Waals surface area contributed by atoms with Gasteiger partial charge in [-0.15, -0.1) is 28.1 Å². The molecule has 0 bridgehead atoms. The van der Waals surface area contributed by atoms with Crippen LogP contribution in [0.25, 0.3) is 11.4 Å². The number of anilines is 1. The molecule has 34 heavy (non-hydrogen) atoms. The Labute approximate surface area is 215 Å². The van der Waals surface area contributed by atoms with Gasteiger partial charge < -0.3 is 11.1 Å². The number of thiophene rings is 1. The van der Waals surface area contributed by atoms with Crippen LogP contribution in [0.2, 0.25) is 10.0 Å². The van der Waals surface area contributed by atoms with E-state index in [0.717, 1.165) is 35.3 Å². The third kappa shape index (κ3) is 5.17. The number of aromatic nitrogens is 3. The average Bonchev–Trinajstić information content (AvgIpc) is 3.35. The van der Waals surface area contributed by atoms with E-state index in [1.807, 2.05) is 10.6 Å². The number of carbonyl (C=O) groups excluding carboxylic acids is 2. The molecule has 2 heterocycles. The Kier molecular flexibility index (Phi) is 7.67. The van der Waals surface area contributed by atoms with Crippen molar-refractivity contribution in [1.82, 2.24) is 14.8 Å². The van der Waals surface area contributed by atoms with Gasteiger partial charge in [0.1, 0.15) is 5.00 Å². The van der Waals surface area contributed by atoms with Crippen molar-refractivity contribution in [2.24, 2.45) is 11.7 Å². The van der Waals surface area contributed by atoms with E-state index in [0.29, 0.717) is 44.1 Å². The SMILES string of the molecule is C=CCn1c(SCC(=O)Nc2sc3c(c2C(N)=O)CCC(C)C3)nnc1-c1ccc(Cl)c(Cl)c1. The molecule has 7 nitrogen and oxygen atoms in total. The third-order valence-corrected chi connectivity index (χ3v) is 8.43. The first-order valence-corrected chi connectivity index (χ1v) is 13.2. The highest BCUT2D eigenvalue weighted by atomic mass is 35.5. The van der Waals surface area contributed by atoms with E-state index < -0.39 is 5.91 Å². The summed E-state index contributed by atoms with van der Waals surface area (Å²) in [5, 5.41) is 13.4. The zero-order valence-electron chi connectivity index (χ0n) is 18.4. The molecule has 4 rings (SSSR count). The van der Waals surface area contributed by atoms with Gasteiger partial charge in [0.15, 0.2) is 11.0 Å². The van der Waals surface area contributed by atoms with Gasteiger partial charge >= 0.3 is 0 Å². The molecule has 3 N–H and O–H groups in total. The van der Waals surface area contributed by atoms with Crippen LogP contribution in [0.5, 0.6) is 0 Å². The summed E-state index contributed by atoms with van der Waals surface area (Å²) < 4.78 is 1.85. The highest BCUT2D eigenvalue weighted by molar-refractivity contribution is 7.99. The lowest BCUT2D eigenvalue weighted by Crippen LogP contribution is -2.20. The molecule has 0 saturated heterocycles. The highest BCUT2D eigenvalue weighted by Crippen LogP contribution is 2.39. The quantitative estimate of drug-likeness (QED) is 0.294. The maximum atomic E-state index is 12.8. The standard InChI is InChI=1S/C23H23Cl2N5O2S2/c1-3-8-30-21(13-5-7-15(24)16(25)10-13)28-29-23(30)33-11-18(31)27-22-19(20(26)32)14-6-4-12(2)9-17(14)34-22/h3,5,7,10,12H,1,4,6,8-9,11H2,2H3,(H2,26,32)(H,27,31). The predicted octanol–water partition coefficient (Wildman–Crippen LogP) is 5.45. The van der Waals surface area contributed by atoms with E-state index in [-0.39, 0.29) is 11.7 Å². The van der Waals surface area contributed by atoms with Crippen molar-refractivity contribution in [3.8, 4) is 11.4 Å². The molecule has 0 aliphatic heterocycles. The number of nitrogens with one attached hydrogen (secondary N) is 1. The monoisotopic (exact) mass is 535 g/mol. The molecule has 1 aliphatic rings. The second kappa shape index (κ2) is 10.5. The van der Waals surface area contributed by atoms with Crippen LogP contribution in [-0.4, -0.2) is 32.3 Å². The number of nitrogens with two attached hydrogens (primary N) is 1. The average molecular weight is 537 g/mol. The number of rotatable bonds is 8. The van der Waals surface area contributed by atoms with Gasteiger partial charge in [0, 0.05) is 17.0 Å². The summed E-state index contributed by atoms with van der Waals surface area (Å²) in [7, 11) is 0. The van der Waals surface area contributed by atoms with Crippen LogP contribution in [-0.2, 0) is 24.2 Å². The molecule has 3 aromatic rings. The van der Waals surface area contributed by atoms with E-state index in [9.17, 15) is 9.59 Å². The lowest BCUT2D eigenvalue weighted by molar-refractivity contribution is -0.113. The van der Waals surface area contributed by atoms with Crippen molar-refractivity contribution in [1.29, 1.82) is 0 Å². The summed E-state index contributed by atoms with van der Waals surface area (Å²) in [6.45, 7) is 6.44. The van der Waals surface area contributed by atoms with Crippen LogP contribution in [0.3, 0.4) is 0 Å². The van der Waals surface area contributed by atoms with E-state index in [1.54, 1.807) is 18.2 Å². The lowest BCUT2D eigenvalue weighted by Gasteiger charge is -2.18. The molecule has 1 unspecified atom stereocenters. The number of halogens is 2. The van der Waals surface area contributed by atoms with Gasteiger partial charge in [0.25, 0.3) is 5.91 Å². The zero-order chi connectivity index (χ0) is 24.4. The molecule has 0 saturated carbocycles. The Morgan fingerprint density at radius 2 is 2.15 bits per heavy atom. The smallest absolute Gasteiger partial charge is 0.251 e. The summed E-state index contributed by atoms with van der Waals surface area (Å²) in [5.41, 5.74) is 7.83. The summed E-state index contributed by atoms with van der Waals surface area (Å²) in [6, 6.07) is 5.23. The van der Waals surface area contributed by atoms with Crippen LogP contribution < -0.4 is 11.1 Å². The molecule has 178 valence electrons. The number of carbonyl (C=O) groups is 2. The largest absolute Gasteiger partial charge is 0.365 e. The molecular formula is C23H23Cl2N5O2S2. The van der Waals surface area contributed by atoms with Gasteiger partial charge in [-0.25, -0.2) is 0 Å². The number of hydrogen-bond donors (Lipinski definition) is 2. The molecule has 11 heteroatoms. The summed E-state index contributed by atoms with van der Waals surface area (Å²) >= 11 is 14.9. The van der Waals surface area contributed by atoms with E-state index in [1.165, 1.54) is 23.1 Å². The summed E-state index contributed by atoms with van der Waals surface area (Å²) in [4.78, 5) is 26.0. The van der Waals surface area contributed by atoms with Crippen molar-refractivity contribution in [2.75, 3.05) is 11.1 Å². The van der Waals surface area contributed by atoms with Crippen molar-refractivity contribution < 1.29 is 9.59 Å². The fraction of sp³-hybridized carbons (Fsp3) is 0.304. The maximum Gasteiger partial charge on any atom is 0.251 e. The Balaban J connectivity index is 1.51. The van der Waals surface area contributed by atoms with Gasteiger partial charge in [-0.05, 0) is 48.9 Å². The minimum atomic E-state index is -0.507. The second-order valence-electron chi connectivity index (χ2n) is 8.09. The van der Waals surface area contributed by atoms with Crippen LogP contribution >= 0.6 is 46.3 Å². The first kappa shape index (κ1) is 24.8. The van der Waals surface area contributed by atoms with Gasteiger partial charge in [0.05, 0.1) is 21.4 Å². The molecule has 1 aromatic carbocycles. The number of benzene rings is 1. The molecule has 2 aromatic heterocycles. The number of hydrogen-bond acceptors (Lipinski definition) is 6. The lowest BCUT2D eigenvalue weighted by atomic mass is 9.88. The number of amides is 2. The minimum absolute atomic E-state index is 0.0911. The maximum absolute atomic E-state index is 12.8. The van der Waals surface area contributed by atoms with Crippen molar-refractivity contribution in [2.45, 2.75) is 37.9 Å². The molecule has 1 atom stereocenters. The number of allylic oxidation sites excluding steroid dienone is 1. The number of nitrogens with zero attached hydrogens (tertiary/aromatic N) is 3. The van der Waals surface area contributed by atoms with E-state index >= 15 is 0 Å². The molecular weight excluding hydrogens is 513 g/mol. The third-order valence-electron chi connectivity index (χ3n) is 5.55. The van der Waals surface area contributed by atoms with Gasteiger partial charge in [-0.1, -0.05) is 48.0 Å². The Bertz CT molecular complexity index is 1270. The fourth-order valence-electron chi connectivity index (χ4n) is 3.93. The molecule has 0 radical (unpaired) electrons. The molecule has 0 spiro atoms. The number of fused-ring (bicyclic) bond motifs is 1. The topological polar surface area (TPSA) is 103 Å². The zero-order valence-corrected chi connectivity index (χ0v) is 21.6. The highest BCUT2D eigenvalue weighted by Gasteiger charge is 2.27. The number of primary amides is 1. The summed E-state index contributed by atoms with van der Waals surface area (Å²) in [6.07, 6.45) is 4.43. The van der Waals surface area contributed by atoms with Crippen LogP contribution in [0.15, 0.2) is 36.0 Å². The second-order valence-corrected chi connectivity index (χ2v) is 11.0. The Hall–Kier alpha value is -2.33. The van der Waals surface area contributed by atoms with Crippen LogP contribution in [0, 0.1) is 5.92 Å². The van der Waals surface area contributed by atoms with Gasteiger partial charge in [-0.2, -0.15) is 0 Å². The Morgan fingerprint density at radius 3 is 2.85 bits per heavy atom. The van der Waals surface area contributed by atoms with E-state index in [2.05, 4.69) is 29.0 Å². The molecule has 1 aliphatic carbocycles. The van der Waals surface area contributed by atoms with Crippen molar-refractivity contribution >= 4 is 63.1 Å². The summed E-state index contributed by atoms with van der Waals surface area (Å²) in [5.74, 6) is 0.480. The van der Waals surface area contributed by atoms with Gasteiger partial charge in [-0.3, -0.25) is 14.2 Å². The normalized spacial score (nSPS) is 15.1. The molecule has 0 fully saturated rings.